The summed E-state index contributed by atoms with van der Waals surface area (Å²) in [6.45, 7) is 0. The summed E-state index contributed by atoms with van der Waals surface area (Å²) in [4.78, 5) is 26.8. The smallest absolute Gasteiger partial charge is 0.253 e. The van der Waals surface area contributed by atoms with Crippen LogP contribution in [0, 0.1) is 0 Å². The highest BCUT2D eigenvalue weighted by molar-refractivity contribution is 6.00. The summed E-state index contributed by atoms with van der Waals surface area (Å²) in [5.41, 5.74) is 1.74. The Morgan fingerprint density at radius 3 is 1.56 bits per heavy atom. The number of nitrogens with zero attached hydrogens (tertiary/aromatic N) is 2. The van der Waals surface area contributed by atoms with E-state index in [1.807, 2.05) is 0 Å². The van der Waals surface area contributed by atoms with E-state index in [0.29, 0.717) is 11.1 Å². The highest BCUT2D eigenvalue weighted by Gasteiger charge is 2.15. The van der Waals surface area contributed by atoms with Crippen molar-refractivity contribution >= 4 is 17.5 Å². The van der Waals surface area contributed by atoms with Crippen molar-refractivity contribution in [3.63, 3.8) is 0 Å². The molecule has 0 saturated heterocycles. The Kier molecular flexibility index (Phi) is 4.31. The zero-order chi connectivity index (χ0) is 13.9. The van der Waals surface area contributed by atoms with Gasteiger partial charge in [0.05, 0.1) is 0 Å². The Labute approximate surface area is 107 Å². The lowest BCUT2D eigenvalue weighted by Crippen LogP contribution is -2.24. The van der Waals surface area contributed by atoms with Gasteiger partial charge in [0.2, 0.25) is 0 Å². The van der Waals surface area contributed by atoms with Gasteiger partial charge < -0.3 is 15.1 Å². The SMILES string of the molecule is CNc1cc(C(=O)N(C)C)cc(C(=O)N(C)C)c1. The predicted molar refractivity (Wildman–Crippen MR) is 72.0 cm³/mol. The second-order valence-corrected chi connectivity index (χ2v) is 4.45. The van der Waals surface area contributed by atoms with Crippen LogP contribution in [-0.2, 0) is 0 Å². The maximum Gasteiger partial charge on any atom is 0.253 e. The number of hydrogen-bond acceptors (Lipinski definition) is 3. The van der Waals surface area contributed by atoms with E-state index in [1.165, 1.54) is 9.80 Å². The Balaban J connectivity index is 3.26. The molecule has 0 aliphatic rings. The van der Waals surface area contributed by atoms with Gasteiger partial charge in [0.1, 0.15) is 0 Å². The predicted octanol–water partition coefficient (Wildman–Crippen LogP) is 1.13. The van der Waals surface area contributed by atoms with E-state index >= 15 is 0 Å². The van der Waals surface area contributed by atoms with Crippen LogP contribution in [0.4, 0.5) is 5.69 Å². The third-order valence-corrected chi connectivity index (χ3v) is 2.53. The van der Waals surface area contributed by atoms with Crippen LogP contribution >= 0.6 is 0 Å². The van der Waals surface area contributed by atoms with Crippen molar-refractivity contribution in [3.05, 3.63) is 29.3 Å². The number of nitrogens with one attached hydrogen (secondary N) is 1. The molecule has 2 amide bonds. The van der Waals surface area contributed by atoms with Crippen LogP contribution in [0.5, 0.6) is 0 Å². The first-order chi connectivity index (χ1) is 8.36. The Morgan fingerprint density at radius 2 is 1.28 bits per heavy atom. The minimum Gasteiger partial charge on any atom is -0.388 e. The van der Waals surface area contributed by atoms with E-state index in [2.05, 4.69) is 5.32 Å². The molecule has 0 aliphatic carbocycles. The van der Waals surface area contributed by atoms with Crippen molar-refractivity contribution in [1.29, 1.82) is 0 Å². The fraction of sp³-hybridized carbons (Fsp3) is 0.385. The van der Waals surface area contributed by atoms with Gasteiger partial charge >= 0.3 is 0 Å². The van der Waals surface area contributed by atoms with E-state index in [1.54, 1.807) is 53.4 Å². The molecule has 5 nitrogen and oxygen atoms in total. The summed E-state index contributed by atoms with van der Waals surface area (Å²) in [6.07, 6.45) is 0. The number of hydrogen-bond donors (Lipinski definition) is 1. The van der Waals surface area contributed by atoms with Gasteiger partial charge in [-0.25, -0.2) is 0 Å². The van der Waals surface area contributed by atoms with Gasteiger partial charge in [0, 0.05) is 52.1 Å². The average Bonchev–Trinajstić information content (AvgIpc) is 2.35. The number of amides is 2. The number of carbonyl (C=O) groups excluding carboxylic acids is 2. The van der Waals surface area contributed by atoms with Gasteiger partial charge in [-0.2, -0.15) is 0 Å². The first-order valence-corrected chi connectivity index (χ1v) is 5.63. The molecular formula is C13H19N3O2. The summed E-state index contributed by atoms with van der Waals surface area (Å²) in [6, 6.07) is 5.08. The normalized spacial score (nSPS) is 9.83. The van der Waals surface area contributed by atoms with Crippen LogP contribution in [0.1, 0.15) is 20.7 Å². The first kappa shape index (κ1) is 14.0. The van der Waals surface area contributed by atoms with Gasteiger partial charge in [-0.1, -0.05) is 0 Å². The van der Waals surface area contributed by atoms with Crippen molar-refractivity contribution in [1.82, 2.24) is 9.80 Å². The van der Waals surface area contributed by atoms with E-state index in [0.717, 1.165) is 5.69 Å². The molecule has 18 heavy (non-hydrogen) atoms. The summed E-state index contributed by atoms with van der Waals surface area (Å²) < 4.78 is 0. The van der Waals surface area contributed by atoms with Crippen molar-refractivity contribution in [2.24, 2.45) is 0 Å². The summed E-state index contributed by atoms with van der Waals surface area (Å²) in [7, 11) is 8.48. The van der Waals surface area contributed by atoms with Gasteiger partial charge in [-0.3, -0.25) is 9.59 Å². The average molecular weight is 249 g/mol. The molecular weight excluding hydrogens is 230 g/mol. The van der Waals surface area contributed by atoms with Crippen molar-refractivity contribution in [2.75, 3.05) is 40.6 Å². The fourth-order valence-electron chi connectivity index (χ4n) is 1.54. The molecule has 0 heterocycles. The van der Waals surface area contributed by atoms with Crippen LogP contribution in [0.15, 0.2) is 18.2 Å². The van der Waals surface area contributed by atoms with Crippen LogP contribution < -0.4 is 5.32 Å². The molecule has 1 rings (SSSR count). The Morgan fingerprint density at radius 1 is 0.889 bits per heavy atom. The first-order valence-electron chi connectivity index (χ1n) is 5.63. The van der Waals surface area contributed by atoms with Crippen LogP contribution in [0.3, 0.4) is 0 Å². The number of rotatable bonds is 3. The van der Waals surface area contributed by atoms with Crippen LogP contribution in [-0.4, -0.2) is 56.9 Å². The molecule has 0 unspecified atom stereocenters. The monoisotopic (exact) mass is 249 g/mol. The van der Waals surface area contributed by atoms with Gasteiger partial charge in [-0.15, -0.1) is 0 Å². The lowest BCUT2D eigenvalue weighted by molar-refractivity contribution is 0.0826. The summed E-state index contributed by atoms with van der Waals surface area (Å²) >= 11 is 0. The Hall–Kier alpha value is -2.04. The number of anilines is 1. The van der Waals surface area contributed by atoms with Crippen molar-refractivity contribution in [2.45, 2.75) is 0 Å². The summed E-state index contributed by atoms with van der Waals surface area (Å²) in [5.74, 6) is -0.250. The van der Waals surface area contributed by atoms with Crippen LogP contribution in [0.25, 0.3) is 0 Å². The maximum atomic E-state index is 11.9. The van der Waals surface area contributed by atoms with E-state index in [9.17, 15) is 9.59 Å². The molecule has 0 radical (unpaired) electrons. The third-order valence-electron chi connectivity index (χ3n) is 2.53. The molecule has 0 bridgehead atoms. The highest BCUT2D eigenvalue weighted by Crippen LogP contribution is 2.17. The molecule has 1 aromatic carbocycles. The van der Waals surface area contributed by atoms with Gasteiger partial charge in [0.15, 0.2) is 0 Å². The third kappa shape index (κ3) is 3.00. The molecule has 98 valence electrons. The van der Waals surface area contributed by atoms with Gasteiger partial charge in [0.25, 0.3) is 11.8 Å². The lowest BCUT2D eigenvalue weighted by Gasteiger charge is -2.15. The molecule has 0 fully saturated rings. The van der Waals surface area contributed by atoms with Gasteiger partial charge in [-0.05, 0) is 18.2 Å². The largest absolute Gasteiger partial charge is 0.388 e. The van der Waals surface area contributed by atoms with Crippen molar-refractivity contribution < 1.29 is 9.59 Å². The van der Waals surface area contributed by atoms with E-state index in [4.69, 9.17) is 0 Å². The lowest BCUT2D eigenvalue weighted by atomic mass is 10.1. The molecule has 0 aliphatic heterocycles. The standard InChI is InChI=1S/C13H19N3O2/c1-14-11-7-9(12(17)15(2)3)6-10(8-11)13(18)16(4)5/h6-8,14H,1-5H3. The number of carbonyl (C=O) groups is 2. The molecule has 1 N–H and O–H groups in total. The zero-order valence-corrected chi connectivity index (χ0v) is 11.4. The molecule has 0 saturated carbocycles. The molecule has 0 spiro atoms. The van der Waals surface area contributed by atoms with Crippen LogP contribution in [0.2, 0.25) is 0 Å². The molecule has 1 aromatic rings. The van der Waals surface area contributed by atoms with E-state index in [-0.39, 0.29) is 11.8 Å². The zero-order valence-electron chi connectivity index (χ0n) is 11.4. The minimum atomic E-state index is -0.125. The molecule has 0 aromatic heterocycles. The highest BCUT2D eigenvalue weighted by atomic mass is 16.2. The fourth-order valence-corrected chi connectivity index (χ4v) is 1.54. The molecule has 5 heteroatoms. The minimum absolute atomic E-state index is 0.125. The second-order valence-electron chi connectivity index (χ2n) is 4.45. The number of benzene rings is 1. The maximum absolute atomic E-state index is 11.9. The van der Waals surface area contributed by atoms with E-state index < -0.39 is 0 Å². The van der Waals surface area contributed by atoms with Crippen molar-refractivity contribution in [3.8, 4) is 0 Å². The quantitative estimate of drug-likeness (QED) is 0.873. The molecule has 0 atom stereocenters. The second kappa shape index (κ2) is 5.53. The summed E-state index contributed by atoms with van der Waals surface area (Å²) in [5, 5.41) is 2.95. The topological polar surface area (TPSA) is 52.7 Å². The Bertz CT molecular complexity index is 429.